The summed E-state index contributed by atoms with van der Waals surface area (Å²) in [7, 11) is -3.47. The number of aromatic amines is 1. The molecule has 0 aliphatic carbocycles. The number of sulfonamides is 1. The van der Waals surface area contributed by atoms with Crippen molar-refractivity contribution in [3.8, 4) is 0 Å². The molecule has 2 heterocycles. The van der Waals surface area contributed by atoms with Gasteiger partial charge >= 0.3 is 0 Å². The van der Waals surface area contributed by atoms with Gasteiger partial charge in [0.15, 0.2) is 5.03 Å². The third-order valence-electron chi connectivity index (χ3n) is 2.22. The Bertz CT molecular complexity index is 400. The minimum absolute atomic E-state index is 0.0756. The zero-order valence-electron chi connectivity index (χ0n) is 7.42. The van der Waals surface area contributed by atoms with E-state index in [9.17, 15) is 13.5 Å². The molecule has 1 aromatic rings. The number of β-amino-alcohol motifs (C(OH)–C–C–N with tert-alkyl or cyclic N) is 1. The lowest BCUT2D eigenvalue weighted by Crippen LogP contribution is -2.29. The van der Waals surface area contributed by atoms with E-state index in [1.54, 1.807) is 0 Å². The Morgan fingerprint density at radius 1 is 1.64 bits per heavy atom. The normalized spacial score (nSPS) is 24.2. The first-order chi connectivity index (χ1) is 6.60. The molecule has 1 saturated heterocycles. The monoisotopic (exact) mass is 217 g/mol. The Morgan fingerprint density at radius 2 is 2.43 bits per heavy atom. The molecule has 2 rings (SSSR count). The van der Waals surface area contributed by atoms with Gasteiger partial charge in [-0.05, 0) is 12.5 Å². The molecule has 0 saturated carbocycles. The molecule has 1 aliphatic rings. The number of H-pyrrole nitrogens is 1. The number of nitrogens with one attached hydrogen (secondary N) is 1. The fraction of sp³-hybridized carbons (Fsp3) is 0.571. The predicted molar refractivity (Wildman–Crippen MR) is 48.0 cm³/mol. The number of nitrogens with zero attached hydrogens (tertiary/aromatic N) is 2. The van der Waals surface area contributed by atoms with E-state index >= 15 is 0 Å². The average molecular weight is 217 g/mol. The highest BCUT2D eigenvalue weighted by molar-refractivity contribution is 7.89. The largest absolute Gasteiger partial charge is 0.392 e. The van der Waals surface area contributed by atoms with Crippen LogP contribution in [-0.2, 0) is 10.0 Å². The lowest BCUT2D eigenvalue weighted by molar-refractivity contribution is 0.189. The zero-order chi connectivity index (χ0) is 10.2. The lowest BCUT2D eigenvalue weighted by atomic mass is 10.3. The molecule has 1 aliphatic heterocycles. The van der Waals surface area contributed by atoms with E-state index in [-0.39, 0.29) is 11.6 Å². The van der Waals surface area contributed by atoms with Gasteiger partial charge in [-0.25, -0.2) is 8.42 Å². The average Bonchev–Trinajstić information content (AvgIpc) is 2.72. The molecule has 14 heavy (non-hydrogen) atoms. The summed E-state index contributed by atoms with van der Waals surface area (Å²) < 4.78 is 24.8. The molecule has 1 fully saturated rings. The maximum atomic E-state index is 11.8. The summed E-state index contributed by atoms with van der Waals surface area (Å²) in [6.07, 6.45) is 1.33. The molecule has 7 heteroatoms. The van der Waals surface area contributed by atoms with Gasteiger partial charge in [0.1, 0.15) is 0 Å². The van der Waals surface area contributed by atoms with Crippen LogP contribution < -0.4 is 0 Å². The summed E-state index contributed by atoms with van der Waals surface area (Å²) in [6.45, 7) is 0.532. The van der Waals surface area contributed by atoms with E-state index in [2.05, 4.69) is 10.2 Å². The van der Waals surface area contributed by atoms with Gasteiger partial charge in [0, 0.05) is 13.1 Å². The van der Waals surface area contributed by atoms with Crippen molar-refractivity contribution in [2.24, 2.45) is 0 Å². The number of aliphatic hydroxyl groups is 1. The number of hydrogen-bond donors (Lipinski definition) is 2. The maximum absolute atomic E-state index is 11.8. The van der Waals surface area contributed by atoms with Crippen LogP contribution in [0.3, 0.4) is 0 Å². The standard InChI is InChI=1S/C7H11N3O3S/c11-6-2-4-10(5-6)14(12,13)7-1-3-8-9-7/h1,3,6,11H,2,4-5H2,(H,8,9)/t6-/m0/s1. The molecule has 0 radical (unpaired) electrons. The molecule has 0 aromatic carbocycles. The van der Waals surface area contributed by atoms with Crippen LogP contribution in [-0.4, -0.2) is 47.2 Å². The molecule has 2 N–H and O–H groups in total. The van der Waals surface area contributed by atoms with Crippen molar-refractivity contribution in [2.75, 3.05) is 13.1 Å². The second-order valence-electron chi connectivity index (χ2n) is 3.23. The van der Waals surface area contributed by atoms with E-state index < -0.39 is 16.1 Å². The first-order valence-electron chi connectivity index (χ1n) is 4.28. The third kappa shape index (κ3) is 1.54. The van der Waals surface area contributed by atoms with Crippen LogP contribution in [0.5, 0.6) is 0 Å². The summed E-state index contributed by atoms with van der Waals surface area (Å²) in [5.41, 5.74) is 0. The number of aliphatic hydroxyl groups excluding tert-OH is 1. The van der Waals surface area contributed by atoms with Gasteiger partial charge in [-0.2, -0.15) is 9.40 Å². The van der Waals surface area contributed by atoms with Gasteiger partial charge in [0.25, 0.3) is 10.0 Å². The first kappa shape index (κ1) is 9.63. The third-order valence-corrected chi connectivity index (χ3v) is 4.01. The minimum atomic E-state index is -3.47. The molecule has 1 aromatic heterocycles. The van der Waals surface area contributed by atoms with Crippen LogP contribution in [0.2, 0.25) is 0 Å². The van der Waals surface area contributed by atoms with Crippen molar-refractivity contribution in [1.29, 1.82) is 0 Å². The van der Waals surface area contributed by atoms with Crippen molar-refractivity contribution >= 4 is 10.0 Å². The Labute approximate surface area is 81.6 Å². The minimum Gasteiger partial charge on any atom is -0.392 e. The van der Waals surface area contributed by atoms with Gasteiger partial charge in [-0.1, -0.05) is 0 Å². The summed E-state index contributed by atoms with van der Waals surface area (Å²) >= 11 is 0. The molecule has 0 spiro atoms. The maximum Gasteiger partial charge on any atom is 0.260 e. The number of rotatable bonds is 2. The van der Waals surface area contributed by atoms with E-state index in [0.29, 0.717) is 13.0 Å². The molecule has 0 bridgehead atoms. The fourth-order valence-corrected chi connectivity index (χ4v) is 2.85. The highest BCUT2D eigenvalue weighted by atomic mass is 32.2. The first-order valence-corrected chi connectivity index (χ1v) is 5.72. The molecule has 1 atom stereocenters. The second kappa shape index (κ2) is 3.34. The van der Waals surface area contributed by atoms with Crippen LogP contribution in [0.4, 0.5) is 0 Å². The lowest BCUT2D eigenvalue weighted by Gasteiger charge is -2.13. The van der Waals surface area contributed by atoms with E-state index in [1.807, 2.05) is 0 Å². The van der Waals surface area contributed by atoms with Crippen molar-refractivity contribution in [1.82, 2.24) is 14.5 Å². The quantitative estimate of drug-likeness (QED) is 0.676. The highest BCUT2D eigenvalue weighted by Gasteiger charge is 2.32. The van der Waals surface area contributed by atoms with Gasteiger partial charge in [-0.15, -0.1) is 0 Å². The molecule has 0 unspecified atom stereocenters. The van der Waals surface area contributed by atoms with Gasteiger partial charge in [-0.3, -0.25) is 5.10 Å². The van der Waals surface area contributed by atoms with Crippen molar-refractivity contribution in [3.63, 3.8) is 0 Å². The van der Waals surface area contributed by atoms with Crippen molar-refractivity contribution in [2.45, 2.75) is 17.6 Å². The van der Waals surface area contributed by atoms with Crippen LogP contribution >= 0.6 is 0 Å². The van der Waals surface area contributed by atoms with Gasteiger partial charge in [0.05, 0.1) is 12.3 Å². The van der Waals surface area contributed by atoms with Gasteiger partial charge in [0.2, 0.25) is 0 Å². The Morgan fingerprint density at radius 3 is 2.93 bits per heavy atom. The Kier molecular flexibility index (Phi) is 2.30. The van der Waals surface area contributed by atoms with Crippen LogP contribution in [0, 0.1) is 0 Å². The Hall–Kier alpha value is -0.920. The molecular formula is C7H11N3O3S. The number of aromatic nitrogens is 2. The summed E-state index contributed by atoms with van der Waals surface area (Å²) in [6, 6.07) is 1.40. The summed E-state index contributed by atoms with van der Waals surface area (Å²) in [5.74, 6) is 0. The van der Waals surface area contributed by atoms with Gasteiger partial charge < -0.3 is 5.11 Å². The highest BCUT2D eigenvalue weighted by Crippen LogP contribution is 2.18. The molecule has 78 valence electrons. The van der Waals surface area contributed by atoms with E-state index in [1.165, 1.54) is 16.6 Å². The van der Waals surface area contributed by atoms with Crippen molar-refractivity contribution in [3.05, 3.63) is 12.3 Å². The molecule has 0 amide bonds. The predicted octanol–water partition coefficient (Wildman–Crippen LogP) is -0.835. The van der Waals surface area contributed by atoms with Crippen LogP contribution in [0.15, 0.2) is 17.3 Å². The van der Waals surface area contributed by atoms with Crippen LogP contribution in [0.25, 0.3) is 0 Å². The summed E-state index contributed by atoms with van der Waals surface area (Å²) in [5, 5.41) is 15.3. The second-order valence-corrected chi connectivity index (χ2v) is 5.13. The molecule has 6 nitrogen and oxygen atoms in total. The SMILES string of the molecule is O=S(=O)(c1ccn[nH]1)N1CC[C@H](O)C1. The number of hydrogen-bond acceptors (Lipinski definition) is 4. The smallest absolute Gasteiger partial charge is 0.260 e. The van der Waals surface area contributed by atoms with E-state index in [0.717, 1.165) is 0 Å². The summed E-state index contributed by atoms with van der Waals surface area (Å²) in [4.78, 5) is 0. The molecular weight excluding hydrogens is 206 g/mol. The topological polar surface area (TPSA) is 86.3 Å². The van der Waals surface area contributed by atoms with E-state index in [4.69, 9.17) is 0 Å². The zero-order valence-corrected chi connectivity index (χ0v) is 8.24. The Balaban J connectivity index is 2.26. The fourth-order valence-electron chi connectivity index (χ4n) is 1.45. The van der Waals surface area contributed by atoms with Crippen molar-refractivity contribution < 1.29 is 13.5 Å². The van der Waals surface area contributed by atoms with Crippen LogP contribution in [0.1, 0.15) is 6.42 Å².